The van der Waals surface area contributed by atoms with Gasteiger partial charge in [0.2, 0.25) is 0 Å². The van der Waals surface area contributed by atoms with Crippen LogP contribution < -0.4 is 4.90 Å². The average Bonchev–Trinajstić information content (AvgIpc) is 2.72. The van der Waals surface area contributed by atoms with E-state index in [1.54, 1.807) is 6.08 Å². The summed E-state index contributed by atoms with van der Waals surface area (Å²) in [6, 6.07) is 16.1. The topological polar surface area (TPSA) is 43.9 Å². The maximum atomic E-state index is 12.7. The van der Waals surface area contributed by atoms with Crippen molar-refractivity contribution < 1.29 is 9.59 Å². The third-order valence-electron chi connectivity index (χ3n) is 4.98. The molecular formula is C23H25N3O2S. The van der Waals surface area contributed by atoms with Crippen molar-refractivity contribution in [1.82, 2.24) is 9.80 Å². The van der Waals surface area contributed by atoms with Crippen molar-refractivity contribution in [3.63, 3.8) is 0 Å². The minimum atomic E-state index is -0.337. The van der Waals surface area contributed by atoms with Gasteiger partial charge in [-0.1, -0.05) is 36.4 Å². The fraction of sp³-hybridized carbons (Fsp3) is 0.261. The number of benzene rings is 2. The number of amides is 2. The Morgan fingerprint density at radius 1 is 0.828 bits per heavy atom. The molecule has 6 heteroatoms. The molecule has 1 aliphatic heterocycles. The zero-order valence-electron chi connectivity index (χ0n) is 17.2. The molecule has 2 aromatic carbocycles. The fourth-order valence-electron chi connectivity index (χ4n) is 3.27. The van der Waals surface area contributed by atoms with Gasteiger partial charge in [0.15, 0.2) is 5.11 Å². The lowest BCUT2D eigenvalue weighted by Crippen LogP contribution is -2.55. The van der Waals surface area contributed by atoms with Crippen LogP contribution in [-0.4, -0.2) is 53.9 Å². The molecule has 0 aliphatic carbocycles. The van der Waals surface area contributed by atoms with Crippen LogP contribution in [0.3, 0.4) is 0 Å². The Hall–Kier alpha value is -2.99. The van der Waals surface area contributed by atoms with Crippen LogP contribution in [0, 0.1) is 0 Å². The lowest BCUT2D eigenvalue weighted by Gasteiger charge is -2.35. The Bertz CT molecular complexity index is 935. The molecular weight excluding hydrogens is 382 g/mol. The molecule has 0 unspecified atom stereocenters. The predicted octanol–water partition coefficient (Wildman–Crippen LogP) is 3.80. The molecule has 2 amide bonds. The second-order valence-corrected chi connectivity index (χ2v) is 7.37. The number of thiocarbonyl (C=S) groups is 1. The summed E-state index contributed by atoms with van der Waals surface area (Å²) in [6.45, 7) is 4.56. The normalized spacial score (nSPS) is 14.5. The van der Waals surface area contributed by atoms with Crippen LogP contribution >= 0.6 is 12.2 Å². The van der Waals surface area contributed by atoms with E-state index in [0.29, 0.717) is 13.1 Å². The maximum Gasteiger partial charge on any atom is 0.265 e. The van der Waals surface area contributed by atoms with Gasteiger partial charge in [0, 0.05) is 32.9 Å². The van der Waals surface area contributed by atoms with Crippen LogP contribution in [0.1, 0.15) is 19.4 Å². The van der Waals surface area contributed by atoms with Crippen LogP contribution in [0.4, 0.5) is 5.69 Å². The van der Waals surface area contributed by atoms with E-state index in [2.05, 4.69) is 29.2 Å². The third kappa shape index (κ3) is 4.07. The van der Waals surface area contributed by atoms with Crippen LogP contribution in [0.25, 0.3) is 17.2 Å². The van der Waals surface area contributed by atoms with Gasteiger partial charge in [-0.05, 0) is 61.0 Å². The molecule has 0 aromatic heterocycles. The van der Waals surface area contributed by atoms with Gasteiger partial charge in [-0.3, -0.25) is 19.4 Å². The predicted molar refractivity (Wildman–Crippen MR) is 122 cm³/mol. The molecule has 29 heavy (non-hydrogen) atoms. The van der Waals surface area contributed by atoms with Gasteiger partial charge >= 0.3 is 0 Å². The number of rotatable bonds is 5. The molecule has 1 saturated heterocycles. The van der Waals surface area contributed by atoms with Crippen LogP contribution in [0.5, 0.6) is 0 Å². The number of hydrogen-bond acceptors (Lipinski definition) is 4. The SMILES string of the molecule is CCN1C(=O)C(=Cc2ccc(-c3ccc(N(C)C)cc3)cc2)C(=O)N(CC)C1=S. The molecule has 1 aliphatic rings. The first-order valence-electron chi connectivity index (χ1n) is 9.64. The van der Waals surface area contributed by atoms with Crippen molar-refractivity contribution in [3.8, 4) is 11.1 Å². The highest BCUT2D eigenvalue weighted by atomic mass is 32.1. The van der Waals surface area contributed by atoms with E-state index in [0.717, 1.165) is 22.4 Å². The number of hydrogen-bond donors (Lipinski definition) is 0. The Kier molecular flexibility index (Phi) is 6.13. The van der Waals surface area contributed by atoms with Gasteiger partial charge in [0.1, 0.15) is 5.57 Å². The second kappa shape index (κ2) is 8.57. The molecule has 2 aromatic rings. The monoisotopic (exact) mass is 407 g/mol. The van der Waals surface area contributed by atoms with Crippen LogP contribution in [0.15, 0.2) is 54.1 Å². The van der Waals surface area contributed by atoms with Crippen molar-refractivity contribution in [2.75, 3.05) is 32.1 Å². The fourth-order valence-corrected chi connectivity index (χ4v) is 3.70. The van der Waals surface area contributed by atoms with E-state index in [1.165, 1.54) is 9.80 Å². The highest BCUT2D eigenvalue weighted by molar-refractivity contribution is 7.80. The number of carbonyl (C=O) groups is 2. The summed E-state index contributed by atoms with van der Waals surface area (Å²) >= 11 is 5.29. The molecule has 5 nitrogen and oxygen atoms in total. The van der Waals surface area contributed by atoms with Crippen molar-refractivity contribution in [1.29, 1.82) is 0 Å². The number of likely N-dealkylation sites (N-methyl/N-ethyl adjacent to an activating group) is 2. The molecule has 0 N–H and O–H groups in total. The molecule has 0 spiro atoms. The smallest absolute Gasteiger partial charge is 0.265 e. The Morgan fingerprint density at radius 3 is 1.69 bits per heavy atom. The Morgan fingerprint density at radius 2 is 1.28 bits per heavy atom. The summed E-state index contributed by atoms with van der Waals surface area (Å²) in [4.78, 5) is 30.5. The Labute approximate surface area is 177 Å². The first-order chi connectivity index (χ1) is 13.9. The summed E-state index contributed by atoms with van der Waals surface area (Å²) in [5.41, 5.74) is 4.27. The van der Waals surface area contributed by atoms with Crippen molar-refractivity contribution >= 4 is 40.9 Å². The first-order valence-corrected chi connectivity index (χ1v) is 10.0. The molecule has 150 valence electrons. The van der Waals surface area contributed by atoms with Gasteiger partial charge < -0.3 is 4.90 Å². The highest BCUT2D eigenvalue weighted by Crippen LogP contribution is 2.25. The molecule has 1 heterocycles. The molecule has 0 bridgehead atoms. The zero-order valence-corrected chi connectivity index (χ0v) is 18.0. The number of anilines is 1. The van der Waals surface area contributed by atoms with Crippen molar-refractivity contribution in [2.45, 2.75) is 13.8 Å². The van der Waals surface area contributed by atoms with Crippen LogP contribution in [0.2, 0.25) is 0 Å². The lowest BCUT2D eigenvalue weighted by molar-refractivity contribution is -0.133. The summed E-state index contributed by atoms with van der Waals surface area (Å²) < 4.78 is 0. The minimum absolute atomic E-state index is 0.144. The van der Waals surface area contributed by atoms with Crippen molar-refractivity contribution in [2.24, 2.45) is 0 Å². The van der Waals surface area contributed by atoms with Gasteiger partial charge in [-0.25, -0.2) is 0 Å². The van der Waals surface area contributed by atoms with Gasteiger partial charge in [-0.15, -0.1) is 0 Å². The van der Waals surface area contributed by atoms with Crippen LogP contribution in [-0.2, 0) is 9.59 Å². The summed E-state index contributed by atoms with van der Waals surface area (Å²) in [5, 5.41) is 0.277. The third-order valence-corrected chi connectivity index (χ3v) is 5.42. The zero-order chi connectivity index (χ0) is 21.1. The van der Waals surface area contributed by atoms with Gasteiger partial charge in [0.05, 0.1) is 0 Å². The van der Waals surface area contributed by atoms with E-state index in [9.17, 15) is 9.59 Å². The van der Waals surface area contributed by atoms with E-state index >= 15 is 0 Å². The van der Waals surface area contributed by atoms with E-state index in [4.69, 9.17) is 12.2 Å². The molecule has 1 fully saturated rings. The quantitative estimate of drug-likeness (QED) is 0.430. The first kappa shape index (κ1) is 20.7. The second-order valence-electron chi connectivity index (χ2n) is 7.00. The minimum Gasteiger partial charge on any atom is -0.378 e. The van der Waals surface area contributed by atoms with E-state index in [-0.39, 0.29) is 22.5 Å². The summed E-state index contributed by atoms with van der Waals surface area (Å²) in [5.74, 6) is -0.675. The standard InChI is InChI=1S/C23H25N3O2S/c1-5-25-21(27)20(22(28)26(6-2)23(25)29)15-16-7-9-17(10-8-16)18-11-13-19(14-12-18)24(3)4/h7-15H,5-6H2,1-4H3. The average molecular weight is 408 g/mol. The molecule has 0 radical (unpaired) electrons. The molecule has 0 saturated carbocycles. The van der Waals surface area contributed by atoms with Gasteiger partial charge in [0.25, 0.3) is 11.8 Å². The molecule has 3 rings (SSSR count). The van der Waals surface area contributed by atoms with Gasteiger partial charge in [-0.2, -0.15) is 0 Å². The maximum absolute atomic E-state index is 12.7. The van der Waals surface area contributed by atoms with E-state index < -0.39 is 0 Å². The largest absolute Gasteiger partial charge is 0.378 e. The lowest BCUT2D eigenvalue weighted by atomic mass is 10.0. The van der Waals surface area contributed by atoms with E-state index in [1.807, 2.05) is 52.2 Å². The number of nitrogens with zero attached hydrogens (tertiary/aromatic N) is 3. The summed E-state index contributed by atoms with van der Waals surface area (Å²) in [6.07, 6.45) is 1.65. The number of carbonyl (C=O) groups excluding carboxylic acids is 2. The highest BCUT2D eigenvalue weighted by Gasteiger charge is 2.37. The summed E-state index contributed by atoms with van der Waals surface area (Å²) in [7, 11) is 4.02. The Balaban J connectivity index is 1.89. The van der Waals surface area contributed by atoms with Crippen molar-refractivity contribution in [3.05, 3.63) is 59.7 Å². The molecule has 0 atom stereocenters.